The molecule has 1 rings (SSSR count). The van der Waals surface area contributed by atoms with Crippen molar-refractivity contribution in [1.29, 1.82) is 0 Å². The Morgan fingerprint density at radius 1 is 1.25 bits per heavy atom. The van der Waals surface area contributed by atoms with Gasteiger partial charge < -0.3 is 0 Å². The van der Waals surface area contributed by atoms with E-state index in [1.807, 2.05) is 0 Å². The molecule has 1 heterocycles. The molecule has 0 bridgehead atoms. The van der Waals surface area contributed by atoms with Crippen LogP contribution < -0.4 is 4.72 Å². The molecule has 2 unspecified atom stereocenters. The highest BCUT2D eigenvalue weighted by Crippen LogP contribution is 2.31. The molecule has 114 valence electrons. The molecule has 0 aromatic carbocycles. The van der Waals surface area contributed by atoms with E-state index in [1.54, 1.807) is 32.9 Å². The Hall–Kier alpha value is -0.950. The Morgan fingerprint density at radius 3 is 2.25 bits per heavy atom. The first-order chi connectivity index (χ1) is 9.03. The quantitative estimate of drug-likeness (QED) is 0.928. The zero-order valence-electron chi connectivity index (χ0n) is 11.9. The number of alkyl halides is 3. The van der Waals surface area contributed by atoms with Gasteiger partial charge in [0.05, 0.1) is 15.7 Å². The topological polar surface area (TPSA) is 42.0 Å². The lowest BCUT2D eigenvalue weighted by Crippen LogP contribution is -2.50. The third kappa shape index (κ3) is 4.56. The molecule has 3 atom stereocenters. The monoisotopic (exact) mass is 308 g/mol. The fourth-order valence-electron chi connectivity index (χ4n) is 1.56. The molecule has 0 fully saturated rings. The summed E-state index contributed by atoms with van der Waals surface area (Å²) in [7, 11) is -1.81. The van der Waals surface area contributed by atoms with E-state index >= 15 is 0 Å². The third-order valence-corrected chi connectivity index (χ3v) is 4.38. The number of nitrogens with zero attached hydrogens (tertiary/aromatic N) is 1. The van der Waals surface area contributed by atoms with Crippen LogP contribution >= 0.6 is 0 Å². The van der Waals surface area contributed by atoms with Crippen molar-refractivity contribution in [3.8, 4) is 0 Å². The summed E-state index contributed by atoms with van der Waals surface area (Å²) >= 11 is 0. The summed E-state index contributed by atoms with van der Waals surface area (Å²) in [6.07, 6.45) is -3.06. The van der Waals surface area contributed by atoms with Crippen LogP contribution in [0, 0.1) is 0 Å². The molecule has 0 radical (unpaired) electrons. The van der Waals surface area contributed by atoms with Gasteiger partial charge in [-0.1, -0.05) is 13.0 Å². The van der Waals surface area contributed by atoms with Crippen LogP contribution in [0.5, 0.6) is 0 Å². The summed E-state index contributed by atoms with van der Waals surface area (Å²) in [4.78, 5) is 3.94. The van der Waals surface area contributed by atoms with Crippen molar-refractivity contribution in [2.75, 3.05) is 0 Å². The predicted molar refractivity (Wildman–Crippen MR) is 73.5 cm³/mol. The van der Waals surface area contributed by atoms with E-state index < -0.39 is 33.9 Å². The van der Waals surface area contributed by atoms with Crippen molar-refractivity contribution in [3.63, 3.8) is 0 Å². The molecule has 0 aliphatic rings. The highest BCUT2D eigenvalue weighted by Gasteiger charge is 2.45. The van der Waals surface area contributed by atoms with Gasteiger partial charge in [-0.25, -0.2) is 8.93 Å². The number of aromatic nitrogens is 1. The smallest absolute Gasteiger partial charge is 0.261 e. The van der Waals surface area contributed by atoms with Gasteiger partial charge in [0.1, 0.15) is 6.04 Å². The Balaban J connectivity index is 3.00. The summed E-state index contributed by atoms with van der Waals surface area (Å²) in [6, 6.07) is 2.90. The first-order valence-corrected chi connectivity index (χ1v) is 7.34. The van der Waals surface area contributed by atoms with Crippen LogP contribution in [-0.2, 0) is 11.0 Å². The molecule has 0 amide bonds. The normalized spacial score (nSPS) is 17.6. The van der Waals surface area contributed by atoms with Crippen LogP contribution in [0.25, 0.3) is 0 Å². The number of hydrogen-bond acceptors (Lipinski definition) is 2. The standard InChI is InChI=1S/C13H19F3N2OS/c1-9(10-7-5-6-8-17-10)11(13(14,15)16)18-20(19)12(2,3)4/h5-9,11,18H,1-4H3/t9?,11-,20?/m0/s1. The molecule has 1 aromatic heterocycles. The van der Waals surface area contributed by atoms with Crippen molar-refractivity contribution >= 4 is 11.0 Å². The number of pyridine rings is 1. The van der Waals surface area contributed by atoms with E-state index in [4.69, 9.17) is 0 Å². The molecule has 20 heavy (non-hydrogen) atoms. The van der Waals surface area contributed by atoms with Crippen LogP contribution in [0.1, 0.15) is 39.3 Å². The lowest BCUT2D eigenvalue weighted by Gasteiger charge is -2.29. The van der Waals surface area contributed by atoms with Gasteiger partial charge in [0, 0.05) is 17.8 Å². The molecule has 0 saturated heterocycles. The highest BCUT2D eigenvalue weighted by atomic mass is 32.2. The minimum Gasteiger partial charge on any atom is -0.261 e. The number of hydrogen-bond donors (Lipinski definition) is 1. The highest BCUT2D eigenvalue weighted by molar-refractivity contribution is 7.84. The largest absolute Gasteiger partial charge is 0.405 e. The van der Waals surface area contributed by atoms with Gasteiger partial charge in [0.15, 0.2) is 0 Å². The van der Waals surface area contributed by atoms with Gasteiger partial charge in [0.25, 0.3) is 0 Å². The van der Waals surface area contributed by atoms with Gasteiger partial charge in [-0.2, -0.15) is 13.2 Å². The average molecular weight is 308 g/mol. The van der Waals surface area contributed by atoms with Crippen LogP contribution in [0.15, 0.2) is 24.4 Å². The fraction of sp³-hybridized carbons (Fsp3) is 0.615. The second kappa shape index (κ2) is 6.22. The maximum absolute atomic E-state index is 13.2. The molecule has 1 N–H and O–H groups in total. The van der Waals surface area contributed by atoms with Crippen LogP contribution in [-0.4, -0.2) is 26.2 Å². The minimum atomic E-state index is -4.50. The Bertz CT molecular complexity index is 457. The molecular formula is C13H19F3N2OS. The number of halogens is 3. The van der Waals surface area contributed by atoms with Crippen LogP contribution in [0.4, 0.5) is 13.2 Å². The second-order valence-corrected chi connectivity index (χ2v) is 7.56. The first-order valence-electron chi connectivity index (χ1n) is 6.19. The molecule has 0 spiro atoms. The summed E-state index contributed by atoms with van der Waals surface area (Å²) in [5.74, 6) is -0.928. The Kier molecular flexibility index (Phi) is 5.32. The van der Waals surface area contributed by atoms with Gasteiger partial charge >= 0.3 is 6.18 Å². The fourth-order valence-corrected chi connectivity index (χ4v) is 2.48. The van der Waals surface area contributed by atoms with Crippen molar-refractivity contribution < 1.29 is 17.4 Å². The number of rotatable bonds is 4. The zero-order chi connectivity index (χ0) is 15.6. The second-order valence-electron chi connectivity index (χ2n) is 5.56. The van der Waals surface area contributed by atoms with Crippen molar-refractivity contribution in [2.24, 2.45) is 0 Å². The molecular weight excluding hydrogens is 289 g/mol. The van der Waals surface area contributed by atoms with Crippen LogP contribution in [0.3, 0.4) is 0 Å². The minimum absolute atomic E-state index is 0.313. The van der Waals surface area contributed by atoms with E-state index in [0.29, 0.717) is 5.69 Å². The molecule has 0 saturated carbocycles. The Labute approximate surface area is 119 Å². The lowest BCUT2D eigenvalue weighted by atomic mass is 9.98. The van der Waals surface area contributed by atoms with E-state index in [9.17, 15) is 17.4 Å². The molecule has 0 aliphatic carbocycles. The van der Waals surface area contributed by atoms with Gasteiger partial charge in [-0.15, -0.1) is 0 Å². The Morgan fingerprint density at radius 2 is 1.85 bits per heavy atom. The van der Waals surface area contributed by atoms with Crippen molar-refractivity contribution in [3.05, 3.63) is 30.1 Å². The predicted octanol–water partition coefficient (Wildman–Crippen LogP) is 3.17. The molecule has 7 heteroatoms. The average Bonchev–Trinajstić information content (AvgIpc) is 2.33. The zero-order valence-corrected chi connectivity index (χ0v) is 12.7. The van der Waals surface area contributed by atoms with Gasteiger partial charge in [0.2, 0.25) is 0 Å². The van der Waals surface area contributed by atoms with Crippen LogP contribution in [0.2, 0.25) is 0 Å². The van der Waals surface area contributed by atoms with E-state index in [2.05, 4.69) is 9.71 Å². The van der Waals surface area contributed by atoms with Crippen molar-refractivity contribution in [1.82, 2.24) is 9.71 Å². The molecule has 3 nitrogen and oxygen atoms in total. The summed E-state index contributed by atoms with van der Waals surface area (Å²) < 4.78 is 52.9. The summed E-state index contributed by atoms with van der Waals surface area (Å²) in [5, 5.41) is 0. The van der Waals surface area contributed by atoms with E-state index in [-0.39, 0.29) is 0 Å². The van der Waals surface area contributed by atoms with E-state index in [1.165, 1.54) is 19.2 Å². The van der Waals surface area contributed by atoms with E-state index in [0.717, 1.165) is 0 Å². The van der Waals surface area contributed by atoms with Gasteiger partial charge in [-0.05, 0) is 32.9 Å². The maximum atomic E-state index is 13.2. The number of nitrogens with one attached hydrogen (secondary N) is 1. The summed E-state index contributed by atoms with van der Waals surface area (Å²) in [5.41, 5.74) is 0.313. The van der Waals surface area contributed by atoms with Crippen molar-refractivity contribution in [2.45, 2.75) is 50.6 Å². The SMILES string of the molecule is CC(c1ccccn1)[C@H](NS(=O)C(C)(C)C)C(F)(F)F. The molecule has 0 aliphatic heterocycles. The molecule has 1 aromatic rings. The third-order valence-electron chi connectivity index (χ3n) is 2.80. The summed E-state index contributed by atoms with van der Waals surface area (Å²) in [6.45, 7) is 6.28. The van der Waals surface area contributed by atoms with Gasteiger partial charge in [-0.3, -0.25) is 4.98 Å². The maximum Gasteiger partial charge on any atom is 0.405 e. The lowest BCUT2D eigenvalue weighted by molar-refractivity contribution is -0.155. The first kappa shape index (κ1) is 17.1.